The second kappa shape index (κ2) is 11.5. The number of benzene rings is 3. The Morgan fingerprint density at radius 2 is 1.54 bits per heavy atom. The highest BCUT2D eigenvalue weighted by Crippen LogP contribution is 2.23. The molecule has 0 radical (unpaired) electrons. The maximum Gasteiger partial charge on any atom is 0.243 e. The molecule has 1 unspecified atom stereocenters. The van der Waals surface area contributed by atoms with E-state index in [2.05, 4.69) is 5.32 Å². The first-order valence-electron chi connectivity index (χ1n) is 11.4. The fraction of sp³-hybridized carbons (Fsp3) is 0.286. The molecule has 0 saturated heterocycles. The predicted molar refractivity (Wildman–Crippen MR) is 134 cm³/mol. The van der Waals surface area contributed by atoms with E-state index in [1.807, 2.05) is 51.1 Å². The highest BCUT2D eigenvalue weighted by atomic mass is 35.5. The Hall–Kier alpha value is -3.25. The number of carbonyl (C=O) groups excluding carboxylic acids is 2. The maximum atomic E-state index is 14.6. The van der Waals surface area contributed by atoms with Gasteiger partial charge in [-0.05, 0) is 44.5 Å². The summed E-state index contributed by atoms with van der Waals surface area (Å²) in [5.74, 6) is -2.03. The third kappa shape index (κ3) is 7.36. The van der Waals surface area contributed by atoms with Crippen LogP contribution in [-0.2, 0) is 29.0 Å². The minimum atomic E-state index is -0.964. The minimum absolute atomic E-state index is 0.0346. The van der Waals surface area contributed by atoms with E-state index in [-0.39, 0.29) is 41.4 Å². The van der Waals surface area contributed by atoms with Gasteiger partial charge in [-0.15, -0.1) is 0 Å². The van der Waals surface area contributed by atoms with Gasteiger partial charge in [0.25, 0.3) is 0 Å². The number of rotatable bonds is 8. The lowest BCUT2D eigenvalue weighted by atomic mass is 9.99. The molecule has 0 fully saturated rings. The largest absolute Gasteiger partial charge is 0.350 e. The van der Waals surface area contributed by atoms with Crippen molar-refractivity contribution >= 4 is 23.4 Å². The molecule has 0 saturated carbocycles. The van der Waals surface area contributed by atoms with Crippen molar-refractivity contribution in [1.29, 1.82) is 0 Å². The van der Waals surface area contributed by atoms with Crippen LogP contribution >= 0.6 is 11.6 Å². The number of carbonyl (C=O) groups is 2. The summed E-state index contributed by atoms with van der Waals surface area (Å²) in [6.07, 6.45) is -0.165. The van der Waals surface area contributed by atoms with Gasteiger partial charge in [-0.25, -0.2) is 8.78 Å². The molecular weight excluding hydrogens is 470 g/mol. The molecule has 3 aromatic carbocycles. The fourth-order valence-electron chi connectivity index (χ4n) is 3.77. The molecule has 4 nitrogen and oxygen atoms in total. The second-order valence-corrected chi connectivity index (χ2v) is 9.84. The first-order chi connectivity index (χ1) is 16.5. The van der Waals surface area contributed by atoms with Crippen molar-refractivity contribution in [2.45, 2.75) is 51.7 Å². The topological polar surface area (TPSA) is 49.4 Å². The minimum Gasteiger partial charge on any atom is -0.350 e. The molecule has 1 atom stereocenters. The van der Waals surface area contributed by atoms with Gasteiger partial charge in [0.05, 0.1) is 6.42 Å². The summed E-state index contributed by atoms with van der Waals surface area (Å²) in [5.41, 5.74) is 0.555. The molecule has 0 aliphatic rings. The van der Waals surface area contributed by atoms with E-state index in [1.165, 1.54) is 29.2 Å². The van der Waals surface area contributed by atoms with Gasteiger partial charge in [0.1, 0.15) is 17.7 Å². The van der Waals surface area contributed by atoms with Crippen LogP contribution in [0.1, 0.15) is 37.5 Å². The summed E-state index contributed by atoms with van der Waals surface area (Å²) in [5, 5.41) is 3.05. The zero-order chi connectivity index (χ0) is 25.6. The summed E-state index contributed by atoms with van der Waals surface area (Å²) in [6, 6.07) is 18.6. The standard InChI is InChI=1S/C28H29ClF2N2O2/c1-28(2,3)32-27(35)25(16-19-10-5-4-6-11-19)33(18-20-12-7-8-14-23(20)30)26(34)17-21-22(29)13-9-15-24(21)31/h4-15,25H,16-18H2,1-3H3,(H,32,35). The summed E-state index contributed by atoms with van der Waals surface area (Å²) < 4.78 is 29.1. The van der Waals surface area contributed by atoms with Gasteiger partial charge >= 0.3 is 0 Å². The maximum absolute atomic E-state index is 14.6. The van der Waals surface area contributed by atoms with Crippen molar-refractivity contribution < 1.29 is 18.4 Å². The molecule has 35 heavy (non-hydrogen) atoms. The van der Waals surface area contributed by atoms with Crippen LogP contribution in [0.15, 0.2) is 72.8 Å². The lowest BCUT2D eigenvalue weighted by molar-refractivity contribution is -0.141. The number of hydrogen-bond acceptors (Lipinski definition) is 2. The van der Waals surface area contributed by atoms with Crippen LogP contribution in [0.4, 0.5) is 8.78 Å². The molecule has 3 aromatic rings. The van der Waals surface area contributed by atoms with E-state index in [0.717, 1.165) is 5.56 Å². The van der Waals surface area contributed by atoms with Crippen molar-refractivity contribution in [2.75, 3.05) is 0 Å². The number of nitrogens with one attached hydrogen (secondary N) is 1. The van der Waals surface area contributed by atoms with Crippen molar-refractivity contribution in [3.05, 3.63) is 106 Å². The Morgan fingerprint density at radius 1 is 0.914 bits per heavy atom. The molecule has 0 heterocycles. The molecule has 1 N–H and O–H groups in total. The summed E-state index contributed by atoms with van der Waals surface area (Å²) in [7, 11) is 0. The Balaban J connectivity index is 2.04. The molecule has 3 rings (SSSR count). The van der Waals surface area contributed by atoms with Crippen molar-refractivity contribution in [2.24, 2.45) is 0 Å². The van der Waals surface area contributed by atoms with Gasteiger partial charge in [0.2, 0.25) is 11.8 Å². The van der Waals surface area contributed by atoms with Crippen LogP contribution in [0.25, 0.3) is 0 Å². The summed E-state index contributed by atoms with van der Waals surface area (Å²) in [6.45, 7) is 5.36. The van der Waals surface area contributed by atoms with E-state index >= 15 is 0 Å². The van der Waals surface area contributed by atoms with Crippen molar-refractivity contribution in [1.82, 2.24) is 10.2 Å². The average molecular weight is 499 g/mol. The highest BCUT2D eigenvalue weighted by molar-refractivity contribution is 6.31. The van der Waals surface area contributed by atoms with Crippen LogP contribution in [0.5, 0.6) is 0 Å². The molecule has 0 bridgehead atoms. The molecule has 0 aliphatic carbocycles. The SMILES string of the molecule is CC(C)(C)NC(=O)C(Cc1ccccc1)N(Cc1ccccc1F)C(=O)Cc1c(F)cccc1Cl. The van der Waals surface area contributed by atoms with Gasteiger partial charge in [0.15, 0.2) is 0 Å². The zero-order valence-corrected chi connectivity index (χ0v) is 20.8. The zero-order valence-electron chi connectivity index (χ0n) is 20.0. The van der Waals surface area contributed by atoms with E-state index in [9.17, 15) is 18.4 Å². The first-order valence-corrected chi connectivity index (χ1v) is 11.7. The summed E-state index contributed by atoms with van der Waals surface area (Å²) in [4.78, 5) is 28.4. The molecule has 0 spiro atoms. The monoisotopic (exact) mass is 498 g/mol. The van der Waals surface area contributed by atoms with Crippen LogP contribution < -0.4 is 5.32 Å². The number of nitrogens with zero attached hydrogens (tertiary/aromatic N) is 1. The van der Waals surface area contributed by atoms with Gasteiger partial charge < -0.3 is 10.2 Å². The highest BCUT2D eigenvalue weighted by Gasteiger charge is 2.33. The van der Waals surface area contributed by atoms with E-state index < -0.39 is 29.1 Å². The van der Waals surface area contributed by atoms with E-state index in [1.54, 1.807) is 18.2 Å². The van der Waals surface area contributed by atoms with Crippen molar-refractivity contribution in [3.8, 4) is 0 Å². The van der Waals surface area contributed by atoms with Crippen molar-refractivity contribution in [3.63, 3.8) is 0 Å². The van der Waals surface area contributed by atoms with Gasteiger partial charge in [-0.3, -0.25) is 9.59 Å². The first kappa shape index (κ1) is 26.4. The fourth-order valence-corrected chi connectivity index (χ4v) is 4.00. The second-order valence-electron chi connectivity index (χ2n) is 9.43. The molecular formula is C28H29ClF2N2O2. The Kier molecular flexibility index (Phi) is 8.62. The number of amides is 2. The van der Waals surface area contributed by atoms with Gasteiger partial charge in [0, 0.05) is 34.7 Å². The van der Waals surface area contributed by atoms with Crippen LogP contribution in [-0.4, -0.2) is 28.3 Å². The van der Waals surface area contributed by atoms with Gasteiger partial charge in [-0.2, -0.15) is 0 Å². The average Bonchev–Trinajstić information content (AvgIpc) is 2.79. The Labute approximate surface area is 209 Å². The molecule has 184 valence electrons. The quantitative estimate of drug-likeness (QED) is 0.432. The molecule has 2 amide bonds. The van der Waals surface area contributed by atoms with E-state index in [0.29, 0.717) is 0 Å². The Bertz CT molecular complexity index is 1160. The third-order valence-corrected chi connectivity index (χ3v) is 5.81. The molecule has 0 aliphatic heterocycles. The molecule has 7 heteroatoms. The Morgan fingerprint density at radius 3 is 2.17 bits per heavy atom. The predicted octanol–water partition coefficient (Wildman–Crippen LogP) is 5.72. The van der Waals surface area contributed by atoms with E-state index in [4.69, 9.17) is 11.6 Å². The van der Waals surface area contributed by atoms with Crippen LogP contribution in [0, 0.1) is 11.6 Å². The smallest absolute Gasteiger partial charge is 0.243 e. The summed E-state index contributed by atoms with van der Waals surface area (Å²) >= 11 is 6.17. The lowest BCUT2D eigenvalue weighted by Gasteiger charge is -2.34. The third-order valence-electron chi connectivity index (χ3n) is 5.46. The number of hydrogen-bond donors (Lipinski definition) is 1. The lowest BCUT2D eigenvalue weighted by Crippen LogP contribution is -2.54. The normalized spacial score (nSPS) is 12.2. The number of halogens is 3. The van der Waals surface area contributed by atoms with Crippen LogP contribution in [0.3, 0.4) is 0 Å². The molecule has 0 aromatic heterocycles. The van der Waals surface area contributed by atoms with Crippen LogP contribution in [0.2, 0.25) is 5.02 Å². The van der Waals surface area contributed by atoms with Gasteiger partial charge in [-0.1, -0.05) is 66.2 Å².